The van der Waals surface area contributed by atoms with E-state index in [4.69, 9.17) is 10.00 Å². The molecule has 1 heterocycles. The van der Waals surface area contributed by atoms with E-state index in [1.165, 1.54) is 0 Å². The van der Waals surface area contributed by atoms with Crippen LogP contribution in [0.4, 0.5) is 0 Å². The zero-order valence-corrected chi connectivity index (χ0v) is 10.4. The Labute approximate surface area is 103 Å². The van der Waals surface area contributed by atoms with Crippen molar-refractivity contribution >= 4 is 5.91 Å². The van der Waals surface area contributed by atoms with Crippen molar-refractivity contribution in [1.82, 2.24) is 10.2 Å². The van der Waals surface area contributed by atoms with Crippen molar-refractivity contribution in [2.45, 2.75) is 31.8 Å². The molecular weight excluding hydrogens is 218 g/mol. The number of amides is 1. The van der Waals surface area contributed by atoms with Gasteiger partial charge in [0.1, 0.15) is 0 Å². The van der Waals surface area contributed by atoms with E-state index in [-0.39, 0.29) is 5.91 Å². The molecule has 1 saturated heterocycles. The summed E-state index contributed by atoms with van der Waals surface area (Å²) in [4.78, 5) is 13.2. The molecule has 0 aromatic heterocycles. The van der Waals surface area contributed by atoms with Crippen LogP contribution >= 0.6 is 0 Å². The van der Waals surface area contributed by atoms with Crippen LogP contribution in [0.5, 0.6) is 0 Å². The van der Waals surface area contributed by atoms with Crippen molar-refractivity contribution in [3.05, 3.63) is 0 Å². The lowest BCUT2D eigenvalue weighted by Gasteiger charge is -2.23. The van der Waals surface area contributed by atoms with Crippen molar-refractivity contribution in [2.75, 3.05) is 33.3 Å². The lowest BCUT2D eigenvalue weighted by molar-refractivity contribution is -0.131. The fourth-order valence-electron chi connectivity index (χ4n) is 1.81. The van der Waals surface area contributed by atoms with Gasteiger partial charge in [-0.25, -0.2) is 0 Å². The second kappa shape index (κ2) is 8.04. The maximum atomic E-state index is 11.6. The quantitative estimate of drug-likeness (QED) is 0.733. The Morgan fingerprint density at radius 2 is 2.24 bits per heavy atom. The molecule has 96 valence electrons. The van der Waals surface area contributed by atoms with E-state index < -0.39 is 0 Å². The molecule has 5 heteroatoms. The first-order valence-corrected chi connectivity index (χ1v) is 6.17. The molecule has 0 spiro atoms. The van der Waals surface area contributed by atoms with Crippen LogP contribution in [-0.4, -0.2) is 50.2 Å². The van der Waals surface area contributed by atoms with Gasteiger partial charge in [-0.3, -0.25) is 4.79 Å². The van der Waals surface area contributed by atoms with Gasteiger partial charge in [-0.05, 0) is 25.9 Å². The van der Waals surface area contributed by atoms with Gasteiger partial charge in [-0.1, -0.05) is 0 Å². The molecule has 0 radical (unpaired) electrons. The van der Waals surface area contributed by atoms with Crippen LogP contribution in [0.15, 0.2) is 0 Å². The van der Waals surface area contributed by atoms with Crippen LogP contribution in [-0.2, 0) is 9.53 Å². The van der Waals surface area contributed by atoms with Crippen LogP contribution in [0.25, 0.3) is 0 Å². The SMILES string of the molecule is CN(CCC#N)C(=O)CCOC1CCNCC1. The molecule has 17 heavy (non-hydrogen) atoms. The Bertz CT molecular complexity index is 269. The lowest BCUT2D eigenvalue weighted by atomic mass is 10.1. The summed E-state index contributed by atoms with van der Waals surface area (Å²) in [5.41, 5.74) is 0. The summed E-state index contributed by atoms with van der Waals surface area (Å²) in [6.45, 7) is 2.99. The second-order valence-electron chi connectivity index (χ2n) is 4.29. The third-order valence-electron chi connectivity index (χ3n) is 2.94. The summed E-state index contributed by atoms with van der Waals surface area (Å²) in [6, 6.07) is 2.03. The number of nitrogens with zero attached hydrogens (tertiary/aromatic N) is 2. The number of nitrogens with one attached hydrogen (secondary N) is 1. The highest BCUT2D eigenvalue weighted by Gasteiger charge is 2.14. The number of piperidine rings is 1. The fraction of sp³-hybridized carbons (Fsp3) is 0.833. The molecule has 0 aromatic rings. The van der Waals surface area contributed by atoms with Crippen molar-refractivity contribution in [1.29, 1.82) is 5.26 Å². The molecule has 0 saturated carbocycles. The van der Waals surface area contributed by atoms with Crippen LogP contribution in [0.1, 0.15) is 25.7 Å². The second-order valence-corrected chi connectivity index (χ2v) is 4.29. The van der Waals surface area contributed by atoms with Gasteiger partial charge in [0.25, 0.3) is 0 Å². The molecule has 0 aliphatic carbocycles. The standard InChI is InChI=1S/C12H21N3O2/c1-15(9-2-6-13)12(16)5-10-17-11-3-7-14-8-4-11/h11,14H,2-5,7-10H2,1H3. The maximum Gasteiger partial charge on any atom is 0.224 e. The van der Waals surface area contributed by atoms with E-state index in [1.54, 1.807) is 11.9 Å². The number of carbonyl (C=O) groups excluding carboxylic acids is 1. The van der Waals surface area contributed by atoms with Gasteiger partial charge in [0.15, 0.2) is 0 Å². The third-order valence-corrected chi connectivity index (χ3v) is 2.94. The number of rotatable bonds is 6. The van der Waals surface area contributed by atoms with E-state index in [1.807, 2.05) is 6.07 Å². The highest BCUT2D eigenvalue weighted by molar-refractivity contribution is 5.75. The van der Waals surface area contributed by atoms with Crippen molar-refractivity contribution < 1.29 is 9.53 Å². The summed E-state index contributed by atoms with van der Waals surface area (Å²) in [7, 11) is 1.73. The van der Waals surface area contributed by atoms with Gasteiger partial charge in [-0.2, -0.15) is 5.26 Å². The summed E-state index contributed by atoms with van der Waals surface area (Å²) >= 11 is 0. The zero-order valence-electron chi connectivity index (χ0n) is 10.4. The molecule has 0 atom stereocenters. The third kappa shape index (κ3) is 5.66. The number of carbonyl (C=O) groups is 1. The molecule has 1 aliphatic heterocycles. The van der Waals surface area contributed by atoms with E-state index in [0.29, 0.717) is 32.1 Å². The monoisotopic (exact) mass is 239 g/mol. The number of hydrogen-bond donors (Lipinski definition) is 1. The number of nitriles is 1. The Kier molecular flexibility index (Phi) is 6.60. The van der Waals surface area contributed by atoms with Gasteiger partial charge < -0.3 is 15.0 Å². The Morgan fingerprint density at radius 1 is 1.53 bits per heavy atom. The first-order chi connectivity index (χ1) is 8.24. The minimum atomic E-state index is 0.0502. The fourth-order valence-corrected chi connectivity index (χ4v) is 1.81. The van der Waals surface area contributed by atoms with Gasteiger partial charge in [0.2, 0.25) is 5.91 Å². The van der Waals surface area contributed by atoms with E-state index in [9.17, 15) is 4.79 Å². The highest BCUT2D eigenvalue weighted by atomic mass is 16.5. The van der Waals surface area contributed by atoms with E-state index in [2.05, 4.69) is 5.32 Å². The number of ether oxygens (including phenoxy) is 1. The molecule has 1 aliphatic rings. The average Bonchev–Trinajstić information content (AvgIpc) is 2.37. The smallest absolute Gasteiger partial charge is 0.224 e. The van der Waals surface area contributed by atoms with Crippen LogP contribution in [0.2, 0.25) is 0 Å². The Hall–Kier alpha value is -1.12. The first kappa shape index (κ1) is 13.9. The molecule has 0 bridgehead atoms. The topological polar surface area (TPSA) is 65.4 Å². The summed E-state index contributed by atoms with van der Waals surface area (Å²) < 4.78 is 5.66. The van der Waals surface area contributed by atoms with Crippen LogP contribution < -0.4 is 5.32 Å². The predicted octanol–water partition coefficient (Wildman–Crippen LogP) is 0.517. The van der Waals surface area contributed by atoms with E-state index >= 15 is 0 Å². The minimum absolute atomic E-state index is 0.0502. The minimum Gasteiger partial charge on any atom is -0.378 e. The molecule has 0 unspecified atom stereocenters. The van der Waals surface area contributed by atoms with Crippen LogP contribution in [0, 0.1) is 11.3 Å². The van der Waals surface area contributed by atoms with Gasteiger partial charge in [0.05, 0.1) is 31.6 Å². The van der Waals surface area contributed by atoms with E-state index in [0.717, 1.165) is 25.9 Å². The molecule has 1 rings (SSSR count). The summed E-state index contributed by atoms with van der Waals surface area (Å²) in [5, 5.41) is 11.7. The lowest BCUT2D eigenvalue weighted by Crippen LogP contribution is -2.33. The average molecular weight is 239 g/mol. The predicted molar refractivity (Wildman–Crippen MR) is 64.3 cm³/mol. The molecular formula is C12H21N3O2. The normalized spacial score (nSPS) is 16.5. The molecule has 0 aromatic carbocycles. The van der Waals surface area contributed by atoms with Gasteiger partial charge in [0, 0.05) is 13.6 Å². The maximum absolute atomic E-state index is 11.6. The van der Waals surface area contributed by atoms with Crippen molar-refractivity contribution in [3.63, 3.8) is 0 Å². The van der Waals surface area contributed by atoms with Crippen molar-refractivity contribution in [3.8, 4) is 6.07 Å². The van der Waals surface area contributed by atoms with Crippen molar-refractivity contribution in [2.24, 2.45) is 0 Å². The molecule has 5 nitrogen and oxygen atoms in total. The number of hydrogen-bond acceptors (Lipinski definition) is 4. The first-order valence-electron chi connectivity index (χ1n) is 6.17. The largest absolute Gasteiger partial charge is 0.378 e. The Balaban J connectivity index is 2.08. The molecule has 1 N–H and O–H groups in total. The summed E-state index contributed by atoms with van der Waals surface area (Å²) in [5.74, 6) is 0.0502. The van der Waals surface area contributed by atoms with Gasteiger partial charge in [-0.15, -0.1) is 0 Å². The molecule has 1 fully saturated rings. The molecule has 1 amide bonds. The zero-order chi connectivity index (χ0) is 12.5. The summed E-state index contributed by atoms with van der Waals surface area (Å²) in [6.07, 6.45) is 3.15. The van der Waals surface area contributed by atoms with Crippen LogP contribution in [0.3, 0.4) is 0 Å². The highest BCUT2D eigenvalue weighted by Crippen LogP contribution is 2.07. The Morgan fingerprint density at radius 3 is 2.88 bits per heavy atom. The van der Waals surface area contributed by atoms with Gasteiger partial charge >= 0.3 is 0 Å².